The highest BCUT2D eigenvalue weighted by Gasteiger charge is 2.42. The van der Waals surface area contributed by atoms with Crippen LogP contribution in [0.1, 0.15) is 514 Å². The zero-order valence-electron chi connectivity index (χ0n) is 99.0. The van der Waals surface area contributed by atoms with Gasteiger partial charge < -0.3 is 0 Å². The molecule has 0 amide bonds. The van der Waals surface area contributed by atoms with E-state index >= 15 is 0 Å². The Balaban J connectivity index is -0.000000118. The monoisotopic (exact) mass is 2060 g/mol. The molecule has 838 valence electrons. The number of rotatable bonds is 37. The lowest BCUT2D eigenvalue weighted by atomic mass is 9.86. The summed E-state index contributed by atoms with van der Waals surface area (Å²) >= 11 is 0. The van der Waals surface area contributed by atoms with Gasteiger partial charge in [-0.2, -0.15) is 8.78 Å². The zero-order valence-corrected chi connectivity index (χ0v) is 99.0. The predicted octanol–water partition coefficient (Wildman–Crippen LogP) is 41.7. The van der Waals surface area contributed by atoms with Gasteiger partial charge in [-0.05, 0) is 186 Å². The molecule has 0 N–H and O–H groups in total. The Morgan fingerprint density at radius 2 is 0.528 bits per heavy atom. The van der Waals surface area contributed by atoms with Crippen molar-refractivity contribution < 1.29 is 70.2 Å². The van der Waals surface area contributed by atoms with Crippen LogP contribution < -0.4 is 0 Å². The van der Waals surface area contributed by atoms with E-state index in [1.54, 1.807) is 20.8 Å². The first-order valence-corrected chi connectivity index (χ1v) is 51.8. The smallest absolute Gasteiger partial charge is 0.247 e. The average Bonchev–Trinajstić information content (AvgIpc) is 0.844. The molecule has 8 unspecified atom stereocenters. The van der Waals surface area contributed by atoms with E-state index < -0.39 is 96.7 Å². The third kappa shape index (κ3) is 163. The molecule has 144 heavy (non-hydrogen) atoms. The summed E-state index contributed by atoms with van der Waals surface area (Å²) in [6.07, 6.45) is 77.7. The maximum Gasteiger partial charge on any atom is 0.307 e. The third-order valence-corrected chi connectivity index (χ3v) is 20.3. The van der Waals surface area contributed by atoms with Crippen molar-refractivity contribution in [2.24, 2.45) is 70.4 Å². The van der Waals surface area contributed by atoms with Gasteiger partial charge in [0, 0.05) is 95.3 Å². The quantitative estimate of drug-likeness (QED) is 0.0330. The molecule has 0 aromatic rings. The number of terminal acetylenes is 13. The van der Waals surface area contributed by atoms with Crippen molar-refractivity contribution in [1.82, 2.24) is 0 Å². The Bertz CT molecular complexity index is 3640. The summed E-state index contributed by atoms with van der Waals surface area (Å²) < 4.78 is 205. The van der Waals surface area contributed by atoms with Gasteiger partial charge in [-0.3, -0.25) is 0 Å². The molecule has 0 aliphatic carbocycles. The summed E-state index contributed by atoms with van der Waals surface area (Å²) in [5, 5.41) is 0. The molecular formula is C128H214F16. The summed E-state index contributed by atoms with van der Waals surface area (Å²) in [6.45, 7) is 78.1. The third-order valence-electron chi connectivity index (χ3n) is 20.3. The minimum absolute atomic E-state index is 0.0183. The molecule has 0 bridgehead atoms. The minimum atomic E-state index is -2.92. The van der Waals surface area contributed by atoms with Gasteiger partial charge in [0.15, 0.2) is 12.3 Å². The van der Waals surface area contributed by atoms with Gasteiger partial charge in [-0.1, -0.05) is 308 Å². The maximum absolute atomic E-state index is 13.2. The van der Waals surface area contributed by atoms with Gasteiger partial charge in [-0.15, -0.1) is 143 Å². The number of unbranched alkanes of at least 4 members (excludes halogenated alkanes) is 7. The normalized spacial score (nSPS) is 13.4. The molecule has 0 saturated carbocycles. The van der Waals surface area contributed by atoms with Crippen molar-refractivity contribution in [1.29, 1.82) is 0 Å². The van der Waals surface area contributed by atoms with Gasteiger partial charge in [0.05, 0.1) is 12.8 Å². The molecule has 0 rings (SSSR count). The first-order valence-electron chi connectivity index (χ1n) is 51.8. The van der Waals surface area contributed by atoms with Crippen LogP contribution >= 0.6 is 0 Å². The summed E-state index contributed by atoms with van der Waals surface area (Å²) in [6, 6.07) is 0. The van der Waals surface area contributed by atoms with Crippen molar-refractivity contribution >= 4 is 0 Å². The van der Waals surface area contributed by atoms with Crippen molar-refractivity contribution in [3.63, 3.8) is 0 Å². The van der Waals surface area contributed by atoms with E-state index in [-0.39, 0.29) is 95.7 Å². The Labute approximate surface area is 883 Å². The second-order valence-corrected chi connectivity index (χ2v) is 52.6. The lowest BCUT2D eigenvalue weighted by Crippen LogP contribution is -2.33. The molecule has 0 heterocycles. The molecule has 0 nitrogen and oxygen atoms in total. The standard InChI is InChI=1S/2C12H20F2.C11H18F2.2C11H19F.C11H20.2C9H14F2.C9H15F.C9H16.C8H12F2.C8H13F.C8H14/c1-5-8-12(13,14)10-7-6-9-11(2,3)4;1-5-6-7-8-12(13,14)10-9-11(2,3)4;1-5-6-9(12)7-10(13)8-11(2,3)4;1-5-7-10(12)8-6-9-11(2,3)4;1-5-6-7-8-10(12)9-11(2,3)4;1-5-6-7-8-9-10-11(2,3)4;1-5-9(10,11)7-6-8(2,3)4;1-5-7(10)6-8(11)9(2,3)4;1-5-8(10)6-7-9(2,3)4;1-5-6-7-8-9(2,3)4;1-5-6-8(9,10)7(2,3)4;1-5-6-7(9)8(2,3)4;1-5-6-7-8(2,3)4/h2*1H,6-10H2,2-4H3;1,9-10H,6-8H2,2-4H3;2*1,10H,6-9H2,2-4H3;1H,6-10H2,2-4H3;1H,6-7H2,2-4H3;1,7-8H,6H2,2-4H3;1,8H,6-7H2,2-4H3;1H,6-8H2,2-4H3;1H,6H2,2-4H3;1,7H,6H2,2-4H3;1H,6-7H2,2-4H3. The van der Waals surface area contributed by atoms with Crippen molar-refractivity contribution in [3.05, 3.63) is 0 Å². The van der Waals surface area contributed by atoms with Crippen molar-refractivity contribution in [2.75, 3.05) is 0 Å². The second kappa shape index (κ2) is 85.9. The SMILES string of the molecule is C#CC(F)(F)CCC(C)(C)C.C#CC(F)CC(F)C(C)(C)C.C#CC(F)CCC(C)(C)C.C#CCC(F)(F)C(C)(C)C.C#CCC(F)(F)CCCCC(C)(C)C.C#CCC(F)C(C)(C)C.C#CCC(F)CC(F)CC(C)(C)C.C#CCC(F)CCCC(C)(C)C.C#CCCC(C)(C)C.C#CCCCC(C)(C)C.C#CCCCC(F)(F)CCC(C)(C)C.C#CCCCC(F)CC(C)(C)C.C#CCCCCCC(C)(C)C. The van der Waals surface area contributed by atoms with Crippen molar-refractivity contribution in [3.8, 4) is 160 Å². The van der Waals surface area contributed by atoms with E-state index in [4.69, 9.17) is 77.1 Å². The molecule has 0 aliphatic heterocycles. The van der Waals surface area contributed by atoms with Gasteiger partial charge in [0.2, 0.25) is 5.92 Å². The molecule has 0 radical (unpaired) electrons. The highest BCUT2D eigenvalue weighted by molar-refractivity contribution is 5.02. The highest BCUT2D eigenvalue weighted by atomic mass is 19.3. The fourth-order valence-electron chi connectivity index (χ4n) is 10.8. The molecule has 0 spiro atoms. The van der Waals surface area contributed by atoms with E-state index in [1.165, 1.54) is 65.2 Å². The fraction of sp³-hybridized carbons (Fsp3) is 0.797. The summed E-state index contributed by atoms with van der Waals surface area (Å²) in [4.78, 5) is 0. The zero-order chi connectivity index (χ0) is 117. The van der Waals surface area contributed by atoms with E-state index in [2.05, 4.69) is 205 Å². The lowest BCUT2D eigenvalue weighted by molar-refractivity contribution is -0.0912. The Morgan fingerprint density at radius 3 is 0.840 bits per heavy atom. The molecule has 0 aromatic carbocycles. The van der Waals surface area contributed by atoms with Crippen LogP contribution in [0.15, 0.2) is 0 Å². The van der Waals surface area contributed by atoms with Gasteiger partial charge in [0.25, 0.3) is 11.8 Å². The van der Waals surface area contributed by atoms with Crippen LogP contribution in [0.2, 0.25) is 0 Å². The molecule has 0 saturated heterocycles. The fourth-order valence-corrected chi connectivity index (χ4v) is 10.8. The summed E-state index contributed by atoms with van der Waals surface area (Å²) in [5.74, 6) is 18.2. The van der Waals surface area contributed by atoms with Crippen LogP contribution in [-0.2, 0) is 0 Å². The van der Waals surface area contributed by atoms with Crippen LogP contribution in [0.3, 0.4) is 0 Å². The lowest BCUT2D eigenvalue weighted by Gasteiger charge is -2.28. The Morgan fingerprint density at radius 1 is 0.215 bits per heavy atom. The van der Waals surface area contributed by atoms with Gasteiger partial charge >= 0.3 is 5.92 Å². The number of alkyl halides is 16. The van der Waals surface area contributed by atoms with Crippen LogP contribution in [0.5, 0.6) is 0 Å². The molecule has 0 fully saturated rings. The molecule has 0 aliphatic rings. The van der Waals surface area contributed by atoms with Crippen LogP contribution in [0, 0.1) is 231 Å². The Kier molecular flexibility index (Phi) is 98.4. The molecule has 16 heteroatoms. The van der Waals surface area contributed by atoms with Crippen LogP contribution in [0.25, 0.3) is 0 Å². The second-order valence-electron chi connectivity index (χ2n) is 52.6. The number of halogens is 16. The molecule has 8 atom stereocenters. The molecular weight excluding hydrogens is 1840 g/mol. The summed E-state index contributed by atoms with van der Waals surface area (Å²) in [5.41, 5.74) is 0.186. The van der Waals surface area contributed by atoms with E-state index in [0.717, 1.165) is 64.2 Å². The first-order chi connectivity index (χ1) is 64.4. The van der Waals surface area contributed by atoms with E-state index in [1.807, 2.05) is 101 Å². The number of hydrogen-bond donors (Lipinski definition) is 0. The highest BCUT2D eigenvalue weighted by Crippen LogP contribution is 2.39. The predicted molar refractivity (Wildman–Crippen MR) is 602 cm³/mol. The van der Waals surface area contributed by atoms with E-state index in [0.29, 0.717) is 92.3 Å². The first kappa shape index (κ1) is 165. The largest absolute Gasteiger partial charge is 0.307 e. The Hall–Kier alpha value is -6.84. The maximum atomic E-state index is 13.2. The van der Waals surface area contributed by atoms with Crippen LogP contribution in [0.4, 0.5) is 70.2 Å². The topological polar surface area (TPSA) is 0 Å². The average molecular weight is 2060 g/mol. The van der Waals surface area contributed by atoms with E-state index in [9.17, 15) is 70.2 Å². The van der Waals surface area contributed by atoms with Crippen LogP contribution in [-0.4, -0.2) is 73.1 Å². The molecule has 0 aromatic heterocycles. The minimum Gasteiger partial charge on any atom is -0.247 e. The number of hydrogen-bond acceptors (Lipinski definition) is 0. The summed E-state index contributed by atoms with van der Waals surface area (Å²) in [7, 11) is 0. The van der Waals surface area contributed by atoms with Gasteiger partial charge in [-0.25, -0.2) is 61.5 Å². The van der Waals surface area contributed by atoms with Gasteiger partial charge in [0.1, 0.15) is 37.0 Å². The van der Waals surface area contributed by atoms with Crippen molar-refractivity contribution in [2.45, 2.75) is 587 Å².